The Morgan fingerprint density at radius 1 is 1.44 bits per heavy atom. The Bertz CT molecular complexity index is 690. The number of aliphatic hydroxyl groups is 1. The minimum atomic E-state index is -1.55. The number of amides is 3. The van der Waals surface area contributed by atoms with E-state index in [1.807, 2.05) is 13.8 Å². The van der Waals surface area contributed by atoms with Crippen LogP contribution in [0, 0.1) is 5.92 Å². The maximum absolute atomic E-state index is 12.7. The Morgan fingerprint density at radius 2 is 2.11 bits per heavy atom. The van der Waals surface area contributed by atoms with Gasteiger partial charge in [-0.25, -0.2) is 14.7 Å². The molecule has 2 heterocycles. The van der Waals surface area contributed by atoms with Gasteiger partial charge in [-0.3, -0.25) is 4.79 Å². The van der Waals surface area contributed by atoms with Crippen molar-refractivity contribution in [3.05, 3.63) is 23.9 Å². The molecule has 0 saturated carbocycles. The van der Waals surface area contributed by atoms with Gasteiger partial charge in [-0.1, -0.05) is 26.7 Å². The molecule has 4 N–H and O–H groups in total. The average molecular weight is 376 g/mol. The van der Waals surface area contributed by atoms with E-state index in [4.69, 9.17) is 5.73 Å². The molecule has 8 nitrogen and oxygen atoms in total. The maximum Gasteiger partial charge on any atom is 0.325 e. The highest BCUT2D eigenvalue weighted by Gasteiger charge is 2.62. The number of imide groups is 1. The monoisotopic (exact) mass is 376 g/mol. The summed E-state index contributed by atoms with van der Waals surface area (Å²) in [6.45, 7) is 3.42. The normalized spacial score (nSPS) is 21.9. The molecule has 1 aromatic rings. The molecule has 1 unspecified atom stereocenters. The van der Waals surface area contributed by atoms with Crippen molar-refractivity contribution in [2.24, 2.45) is 5.92 Å². The number of likely N-dealkylation sites (tertiary alicyclic amines) is 1. The quantitative estimate of drug-likeness (QED) is 0.440. The summed E-state index contributed by atoms with van der Waals surface area (Å²) >= 11 is 0. The van der Waals surface area contributed by atoms with Crippen molar-refractivity contribution in [2.45, 2.75) is 57.5 Å². The van der Waals surface area contributed by atoms with Crippen molar-refractivity contribution in [1.29, 1.82) is 0 Å². The number of nitrogens with one attached hydrogen (secondary N) is 1. The number of urea groups is 1. The first-order valence-electron chi connectivity index (χ1n) is 9.35. The molecule has 148 valence electrons. The van der Waals surface area contributed by atoms with Crippen LogP contribution in [0.4, 0.5) is 10.6 Å². The second-order valence-corrected chi connectivity index (χ2v) is 7.01. The fourth-order valence-electron chi connectivity index (χ4n) is 3.65. The molecule has 2 rings (SSSR count). The molecule has 1 saturated heterocycles. The highest BCUT2D eigenvalue weighted by molar-refractivity contribution is 6.08. The minimum Gasteiger partial charge on any atom is -0.393 e. The molecule has 0 aliphatic carbocycles. The Balaban J connectivity index is 2.18. The number of β-lactam (4-membered cyclic amide) rings is 1. The fourth-order valence-corrected chi connectivity index (χ4v) is 3.65. The number of hydrogen-bond donors (Lipinski definition) is 3. The maximum atomic E-state index is 12.7. The van der Waals surface area contributed by atoms with Crippen molar-refractivity contribution in [2.75, 3.05) is 12.3 Å². The molecule has 27 heavy (non-hydrogen) atoms. The van der Waals surface area contributed by atoms with Crippen LogP contribution in [0.15, 0.2) is 18.3 Å². The van der Waals surface area contributed by atoms with Gasteiger partial charge >= 0.3 is 6.03 Å². The molecule has 3 amide bonds. The van der Waals surface area contributed by atoms with Crippen LogP contribution in [0.25, 0.3) is 0 Å². The van der Waals surface area contributed by atoms with E-state index in [1.165, 1.54) is 6.20 Å². The lowest BCUT2D eigenvalue weighted by molar-refractivity contribution is -0.169. The van der Waals surface area contributed by atoms with Gasteiger partial charge in [-0.05, 0) is 37.0 Å². The van der Waals surface area contributed by atoms with Crippen molar-refractivity contribution in [3.8, 4) is 0 Å². The van der Waals surface area contributed by atoms with Gasteiger partial charge in [-0.15, -0.1) is 0 Å². The largest absolute Gasteiger partial charge is 0.393 e. The van der Waals surface area contributed by atoms with Crippen LogP contribution in [0.5, 0.6) is 0 Å². The number of aldehydes is 1. The Labute approximate surface area is 159 Å². The number of aliphatic hydroxyl groups excluding tert-OH is 1. The van der Waals surface area contributed by atoms with Crippen LogP contribution in [0.3, 0.4) is 0 Å². The average Bonchev–Trinajstić information content (AvgIpc) is 2.64. The highest BCUT2D eigenvalue weighted by atomic mass is 16.3. The van der Waals surface area contributed by atoms with Gasteiger partial charge in [0.05, 0.1) is 12.5 Å². The summed E-state index contributed by atoms with van der Waals surface area (Å²) in [6.07, 6.45) is 5.57. The number of aromatic nitrogens is 1. The number of carbonyl (C=O) groups excluding carboxylic acids is 3. The predicted octanol–water partition coefficient (Wildman–Crippen LogP) is 1.27. The summed E-state index contributed by atoms with van der Waals surface area (Å²) in [6, 6.07) is 2.61. The van der Waals surface area contributed by atoms with Crippen molar-refractivity contribution < 1.29 is 19.5 Å². The lowest BCUT2D eigenvalue weighted by Crippen LogP contribution is -2.77. The third kappa shape index (κ3) is 4.10. The Kier molecular flexibility index (Phi) is 6.90. The summed E-state index contributed by atoms with van der Waals surface area (Å²) in [5, 5.41) is 12.7. The van der Waals surface area contributed by atoms with Gasteiger partial charge in [0.25, 0.3) is 0 Å². The molecular weight excluding hydrogens is 348 g/mol. The molecule has 2 atom stereocenters. The Morgan fingerprint density at radius 3 is 2.63 bits per heavy atom. The molecule has 0 spiro atoms. The van der Waals surface area contributed by atoms with Crippen LogP contribution in [-0.2, 0) is 16.0 Å². The van der Waals surface area contributed by atoms with E-state index in [9.17, 15) is 19.5 Å². The molecule has 1 aliphatic rings. The number of pyridine rings is 1. The zero-order valence-electron chi connectivity index (χ0n) is 15.9. The van der Waals surface area contributed by atoms with Gasteiger partial charge in [0, 0.05) is 12.2 Å². The van der Waals surface area contributed by atoms with Gasteiger partial charge in [0.1, 0.15) is 17.6 Å². The molecular formula is C19H28N4O4. The molecule has 0 aromatic carbocycles. The van der Waals surface area contributed by atoms with E-state index in [1.54, 1.807) is 12.1 Å². The van der Waals surface area contributed by atoms with Crippen LogP contribution >= 0.6 is 0 Å². The highest BCUT2D eigenvalue weighted by Crippen LogP contribution is 2.39. The van der Waals surface area contributed by atoms with Crippen molar-refractivity contribution in [1.82, 2.24) is 15.2 Å². The second-order valence-electron chi connectivity index (χ2n) is 7.01. The topological polar surface area (TPSA) is 126 Å². The number of nitrogens with zero attached hydrogens (tertiary/aromatic N) is 2. The Hall–Kier alpha value is -2.48. The van der Waals surface area contributed by atoms with Crippen molar-refractivity contribution >= 4 is 24.0 Å². The van der Waals surface area contributed by atoms with E-state index < -0.39 is 30.0 Å². The van der Waals surface area contributed by atoms with Crippen molar-refractivity contribution in [3.63, 3.8) is 0 Å². The summed E-state index contributed by atoms with van der Waals surface area (Å²) in [5.41, 5.74) is 4.82. The van der Waals surface area contributed by atoms with Crippen LogP contribution in [0.1, 0.15) is 45.1 Å². The SMILES string of the molecule is CCCC(CCC)NC(=O)N1C(=O)[C@H](Cc2ccnc(N)c2)C1(C=O)CO. The van der Waals surface area contributed by atoms with E-state index in [0.29, 0.717) is 12.1 Å². The number of anilines is 1. The molecule has 1 aliphatic heterocycles. The number of rotatable bonds is 9. The number of nitrogens with two attached hydrogens (primary N) is 1. The van der Waals surface area contributed by atoms with Gasteiger partial charge in [-0.2, -0.15) is 0 Å². The van der Waals surface area contributed by atoms with E-state index in [2.05, 4.69) is 10.3 Å². The number of carbonyl (C=O) groups is 3. The standard InChI is InChI=1S/C19H28N4O4/c1-3-5-14(6-4-2)22-18(27)23-17(26)15(19(23,11-24)12-25)9-13-7-8-21-16(20)10-13/h7-8,10-11,14-15,25H,3-6,9,12H2,1-2H3,(H2,20,21)(H,22,27)/t15-,19?/m0/s1. The summed E-state index contributed by atoms with van der Waals surface area (Å²) in [4.78, 5) is 41.9. The second kappa shape index (κ2) is 8.94. The smallest absolute Gasteiger partial charge is 0.325 e. The zero-order chi connectivity index (χ0) is 20.0. The molecule has 1 fully saturated rings. The first-order valence-corrected chi connectivity index (χ1v) is 9.35. The first-order chi connectivity index (χ1) is 12.9. The number of nitrogen functional groups attached to an aromatic ring is 1. The minimum absolute atomic E-state index is 0.0672. The molecule has 0 radical (unpaired) electrons. The molecule has 1 aromatic heterocycles. The lowest BCUT2D eigenvalue weighted by Gasteiger charge is -2.52. The summed E-state index contributed by atoms with van der Waals surface area (Å²) in [7, 11) is 0. The first kappa shape index (κ1) is 20.8. The molecule has 8 heteroatoms. The third-order valence-electron chi connectivity index (χ3n) is 5.09. The van der Waals surface area contributed by atoms with E-state index in [-0.39, 0.29) is 12.5 Å². The number of hydrogen-bond acceptors (Lipinski definition) is 6. The van der Waals surface area contributed by atoms with Crippen LogP contribution in [-0.4, -0.2) is 51.4 Å². The van der Waals surface area contributed by atoms with Crippen LogP contribution in [0.2, 0.25) is 0 Å². The summed E-state index contributed by atoms with van der Waals surface area (Å²) < 4.78 is 0. The van der Waals surface area contributed by atoms with Crippen LogP contribution < -0.4 is 11.1 Å². The lowest BCUT2D eigenvalue weighted by atomic mass is 9.71. The van der Waals surface area contributed by atoms with Gasteiger partial charge in [0.15, 0.2) is 0 Å². The van der Waals surface area contributed by atoms with Gasteiger partial charge < -0.3 is 21.0 Å². The predicted molar refractivity (Wildman–Crippen MR) is 101 cm³/mol. The van der Waals surface area contributed by atoms with Gasteiger partial charge in [0.2, 0.25) is 5.91 Å². The fraction of sp³-hybridized carbons (Fsp3) is 0.579. The van der Waals surface area contributed by atoms with E-state index in [0.717, 1.165) is 36.1 Å². The molecule has 0 bridgehead atoms. The summed E-state index contributed by atoms with van der Waals surface area (Å²) in [5.74, 6) is -0.990. The zero-order valence-corrected chi connectivity index (χ0v) is 15.9. The third-order valence-corrected chi connectivity index (χ3v) is 5.09. The van der Waals surface area contributed by atoms with E-state index >= 15 is 0 Å².